The van der Waals surface area contributed by atoms with Crippen LogP contribution in [0.5, 0.6) is 0 Å². The van der Waals surface area contributed by atoms with Gasteiger partial charge in [0.15, 0.2) is 11.0 Å². The minimum atomic E-state index is -1.05. The largest absolute Gasteiger partial charge is 0.301 e. The number of nitrogens with zero attached hydrogens (tertiary/aromatic N) is 2. The number of hydrogen-bond acceptors (Lipinski definition) is 4. The van der Waals surface area contributed by atoms with Crippen molar-refractivity contribution in [1.29, 1.82) is 0 Å². The number of rotatable bonds is 3. The molecule has 1 saturated heterocycles. The number of thiocarbonyl (C=S) groups is 1. The average molecular weight is 372 g/mol. The third-order valence-corrected chi connectivity index (χ3v) is 4.23. The van der Waals surface area contributed by atoms with Gasteiger partial charge >= 0.3 is 0 Å². The molecule has 1 aliphatic rings. The molecule has 0 aromatic heterocycles. The third-order valence-electron chi connectivity index (χ3n) is 3.69. The molecule has 2 amide bonds. The predicted octanol–water partition coefficient (Wildman–Crippen LogP) is 3.41. The first-order valence-corrected chi connectivity index (χ1v) is 8.29. The van der Waals surface area contributed by atoms with Crippen molar-refractivity contribution in [1.82, 2.24) is 5.32 Å². The fraction of sp³-hybridized carbons (Fsp3) is 0.111. The van der Waals surface area contributed by atoms with Crippen LogP contribution in [-0.2, 0) is 9.59 Å². The molecule has 1 heterocycles. The molecule has 0 saturated carbocycles. The van der Waals surface area contributed by atoms with Crippen LogP contribution in [0.4, 0.5) is 11.4 Å². The molecular formula is C18H14ClN3O2S. The van der Waals surface area contributed by atoms with Crippen LogP contribution in [0.2, 0.25) is 5.02 Å². The summed E-state index contributed by atoms with van der Waals surface area (Å²) in [5.41, 5.74) is 2.30. The highest BCUT2D eigenvalue weighted by molar-refractivity contribution is 7.80. The number of aliphatic imine (C=N–C) groups is 1. The van der Waals surface area contributed by atoms with Gasteiger partial charge in [-0.1, -0.05) is 29.3 Å². The standard InChI is InChI=1S/C18H14ClN3O2S/c1-11-2-6-13(7-3-11)20-10-15-16(23)21-18(25)22(17(15)24)14-8-4-12(19)5-9-14/h2-10,15H,1H3,(H,21,23,25)/t15-/m1/s1. The first kappa shape index (κ1) is 17.3. The average Bonchev–Trinajstić information content (AvgIpc) is 2.57. The molecule has 126 valence electrons. The highest BCUT2D eigenvalue weighted by Gasteiger charge is 2.38. The van der Waals surface area contributed by atoms with Gasteiger partial charge in [0.05, 0.1) is 11.4 Å². The molecule has 0 unspecified atom stereocenters. The van der Waals surface area contributed by atoms with Crippen molar-refractivity contribution in [3.05, 3.63) is 59.1 Å². The molecule has 1 atom stereocenters. The van der Waals surface area contributed by atoms with E-state index in [2.05, 4.69) is 10.3 Å². The molecule has 1 N–H and O–H groups in total. The van der Waals surface area contributed by atoms with Crippen molar-refractivity contribution in [2.75, 3.05) is 4.90 Å². The number of anilines is 1. The number of amides is 2. The van der Waals surface area contributed by atoms with Gasteiger partial charge in [-0.15, -0.1) is 0 Å². The molecule has 0 radical (unpaired) electrons. The Morgan fingerprint density at radius 2 is 1.76 bits per heavy atom. The van der Waals surface area contributed by atoms with E-state index in [1.165, 1.54) is 11.1 Å². The Labute approximate surface area is 155 Å². The van der Waals surface area contributed by atoms with Crippen molar-refractivity contribution in [2.24, 2.45) is 10.9 Å². The number of carbonyl (C=O) groups excluding carboxylic acids is 2. The summed E-state index contributed by atoms with van der Waals surface area (Å²) in [5, 5.41) is 3.12. The fourth-order valence-corrected chi connectivity index (χ4v) is 2.77. The zero-order valence-electron chi connectivity index (χ0n) is 13.3. The molecule has 1 aliphatic heterocycles. The molecule has 0 aliphatic carbocycles. The smallest absolute Gasteiger partial charge is 0.251 e. The quantitative estimate of drug-likeness (QED) is 0.511. The van der Waals surface area contributed by atoms with Gasteiger partial charge in [-0.2, -0.15) is 0 Å². The Balaban J connectivity index is 1.87. The van der Waals surface area contributed by atoms with Crippen LogP contribution in [0.1, 0.15) is 5.56 Å². The lowest BCUT2D eigenvalue weighted by Gasteiger charge is -2.30. The summed E-state index contributed by atoms with van der Waals surface area (Å²) < 4.78 is 0. The van der Waals surface area contributed by atoms with E-state index in [-0.39, 0.29) is 5.11 Å². The van der Waals surface area contributed by atoms with Gasteiger partial charge in [0.25, 0.3) is 5.91 Å². The molecule has 3 rings (SSSR count). The van der Waals surface area contributed by atoms with Crippen molar-refractivity contribution in [3.8, 4) is 0 Å². The molecule has 25 heavy (non-hydrogen) atoms. The SMILES string of the molecule is Cc1ccc(N=C[C@@H]2C(=O)NC(=S)N(c3ccc(Cl)cc3)C2=O)cc1. The maximum atomic E-state index is 12.8. The summed E-state index contributed by atoms with van der Waals surface area (Å²) >= 11 is 11.0. The van der Waals surface area contributed by atoms with E-state index in [1.54, 1.807) is 24.3 Å². The van der Waals surface area contributed by atoms with Gasteiger partial charge in [-0.05, 0) is 55.5 Å². The van der Waals surface area contributed by atoms with E-state index < -0.39 is 17.7 Å². The van der Waals surface area contributed by atoms with Crippen LogP contribution in [0.25, 0.3) is 0 Å². The Morgan fingerprint density at radius 3 is 2.40 bits per heavy atom. The zero-order chi connectivity index (χ0) is 18.0. The minimum absolute atomic E-state index is 0.0392. The van der Waals surface area contributed by atoms with Crippen molar-refractivity contribution in [3.63, 3.8) is 0 Å². The number of hydrogen-bond donors (Lipinski definition) is 1. The van der Waals surface area contributed by atoms with E-state index >= 15 is 0 Å². The maximum Gasteiger partial charge on any atom is 0.251 e. The van der Waals surface area contributed by atoms with Gasteiger partial charge in [0.2, 0.25) is 5.91 Å². The highest BCUT2D eigenvalue weighted by atomic mass is 35.5. The maximum absolute atomic E-state index is 12.8. The number of nitrogens with one attached hydrogen (secondary N) is 1. The van der Waals surface area contributed by atoms with Gasteiger partial charge in [-0.3, -0.25) is 19.5 Å². The summed E-state index contributed by atoms with van der Waals surface area (Å²) in [5.74, 6) is -1.99. The van der Waals surface area contributed by atoms with Crippen LogP contribution in [0.3, 0.4) is 0 Å². The Morgan fingerprint density at radius 1 is 1.12 bits per heavy atom. The van der Waals surface area contributed by atoms with E-state index in [0.29, 0.717) is 16.4 Å². The van der Waals surface area contributed by atoms with Crippen LogP contribution in [0.15, 0.2) is 53.5 Å². The second-order valence-electron chi connectivity index (χ2n) is 5.54. The second kappa shape index (κ2) is 7.13. The van der Waals surface area contributed by atoms with Gasteiger partial charge in [-0.25, -0.2) is 0 Å². The second-order valence-corrected chi connectivity index (χ2v) is 6.36. The zero-order valence-corrected chi connectivity index (χ0v) is 14.8. The lowest BCUT2D eigenvalue weighted by atomic mass is 10.1. The van der Waals surface area contributed by atoms with Crippen LogP contribution in [0, 0.1) is 12.8 Å². The minimum Gasteiger partial charge on any atom is -0.301 e. The van der Waals surface area contributed by atoms with E-state index in [9.17, 15) is 9.59 Å². The molecule has 2 aromatic rings. The monoisotopic (exact) mass is 371 g/mol. The summed E-state index contributed by atoms with van der Waals surface area (Å²) in [6.45, 7) is 1.97. The van der Waals surface area contributed by atoms with Crippen molar-refractivity contribution < 1.29 is 9.59 Å². The summed E-state index contributed by atoms with van der Waals surface area (Å²) in [4.78, 5) is 30.4. The van der Waals surface area contributed by atoms with Crippen LogP contribution in [-0.4, -0.2) is 23.1 Å². The fourth-order valence-electron chi connectivity index (χ4n) is 2.35. The Bertz CT molecular complexity index is 863. The van der Waals surface area contributed by atoms with Crippen LogP contribution < -0.4 is 10.2 Å². The molecule has 0 spiro atoms. The van der Waals surface area contributed by atoms with E-state index in [0.717, 1.165) is 5.56 Å². The lowest BCUT2D eigenvalue weighted by Crippen LogP contribution is -2.58. The number of halogens is 1. The Kier molecular flexibility index (Phi) is 4.92. The van der Waals surface area contributed by atoms with E-state index in [1.807, 2.05) is 31.2 Å². The number of aryl methyl sites for hydroxylation is 1. The normalized spacial score (nSPS) is 17.9. The van der Waals surface area contributed by atoms with Crippen LogP contribution >= 0.6 is 23.8 Å². The van der Waals surface area contributed by atoms with E-state index in [4.69, 9.17) is 23.8 Å². The van der Waals surface area contributed by atoms with Gasteiger partial charge in [0, 0.05) is 11.2 Å². The van der Waals surface area contributed by atoms with Gasteiger partial charge in [0.1, 0.15) is 0 Å². The molecule has 1 fully saturated rings. The third kappa shape index (κ3) is 3.75. The molecule has 5 nitrogen and oxygen atoms in total. The summed E-state index contributed by atoms with van der Waals surface area (Å²) in [7, 11) is 0. The first-order valence-electron chi connectivity index (χ1n) is 7.51. The Hall–Kier alpha value is -2.57. The topological polar surface area (TPSA) is 61.8 Å². The molecule has 7 heteroatoms. The molecular weight excluding hydrogens is 358 g/mol. The lowest BCUT2D eigenvalue weighted by molar-refractivity contribution is -0.130. The molecule has 2 aromatic carbocycles. The summed E-state index contributed by atoms with van der Waals surface area (Å²) in [6.07, 6.45) is 1.34. The highest BCUT2D eigenvalue weighted by Crippen LogP contribution is 2.23. The van der Waals surface area contributed by atoms with Crippen molar-refractivity contribution in [2.45, 2.75) is 6.92 Å². The number of benzene rings is 2. The first-order chi connectivity index (χ1) is 12.0. The summed E-state index contributed by atoms with van der Waals surface area (Å²) in [6, 6.07) is 14.1. The molecule has 0 bridgehead atoms. The van der Waals surface area contributed by atoms with Crippen molar-refractivity contribution >= 4 is 58.3 Å². The predicted molar refractivity (Wildman–Crippen MR) is 102 cm³/mol. The number of carbonyl (C=O) groups is 2. The van der Waals surface area contributed by atoms with Gasteiger partial charge < -0.3 is 5.32 Å².